The lowest BCUT2D eigenvalue weighted by atomic mass is 10.1. The van der Waals surface area contributed by atoms with Gasteiger partial charge in [0.05, 0.1) is 6.04 Å². The molecule has 1 N–H and O–H groups in total. The Kier molecular flexibility index (Phi) is 6.17. The molecule has 2 aromatic rings. The first kappa shape index (κ1) is 17.6. The second-order valence-corrected chi connectivity index (χ2v) is 6.65. The zero-order chi connectivity index (χ0) is 17.5. The molecular formula is C19H26N4O2. The van der Waals surface area contributed by atoms with Crippen molar-refractivity contribution in [2.75, 3.05) is 20.1 Å². The SMILES string of the molecule is CN1CCCCC[C@H]1C(=O)NCCc1nc(Cc2ccccc2)no1. The van der Waals surface area contributed by atoms with Crippen LogP contribution in [0.5, 0.6) is 0 Å². The largest absolute Gasteiger partial charge is 0.354 e. The lowest BCUT2D eigenvalue weighted by Gasteiger charge is -2.24. The van der Waals surface area contributed by atoms with E-state index in [4.69, 9.17) is 4.52 Å². The third kappa shape index (κ3) is 5.13. The van der Waals surface area contributed by atoms with Crippen molar-refractivity contribution in [3.05, 3.63) is 47.6 Å². The average Bonchev–Trinajstić information content (AvgIpc) is 2.94. The second-order valence-electron chi connectivity index (χ2n) is 6.65. The summed E-state index contributed by atoms with van der Waals surface area (Å²) in [5.74, 6) is 1.35. The van der Waals surface area contributed by atoms with Gasteiger partial charge in [-0.2, -0.15) is 4.98 Å². The summed E-state index contributed by atoms with van der Waals surface area (Å²) in [6.45, 7) is 1.51. The van der Waals surface area contributed by atoms with Crippen molar-refractivity contribution in [1.82, 2.24) is 20.4 Å². The maximum Gasteiger partial charge on any atom is 0.237 e. The second kappa shape index (κ2) is 8.76. The van der Waals surface area contributed by atoms with Crippen LogP contribution in [0.15, 0.2) is 34.9 Å². The third-order valence-electron chi connectivity index (χ3n) is 4.68. The number of carbonyl (C=O) groups is 1. The normalized spacial score (nSPS) is 18.7. The van der Waals surface area contributed by atoms with Gasteiger partial charge in [0.25, 0.3) is 0 Å². The minimum absolute atomic E-state index is 0.0150. The van der Waals surface area contributed by atoms with Gasteiger partial charge >= 0.3 is 0 Å². The van der Waals surface area contributed by atoms with Gasteiger partial charge in [0.1, 0.15) is 0 Å². The Morgan fingerprint density at radius 2 is 2.12 bits per heavy atom. The molecule has 25 heavy (non-hydrogen) atoms. The van der Waals surface area contributed by atoms with Gasteiger partial charge in [0.15, 0.2) is 5.82 Å². The molecule has 0 saturated carbocycles. The predicted octanol–water partition coefficient (Wildman–Crippen LogP) is 2.19. The molecule has 1 amide bonds. The first-order valence-electron chi connectivity index (χ1n) is 9.06. The quantitative estimate of drug-likeness (QED) is 0.871. The maximum absolute atomic E-state index is 12.4. The summed E-state index contributed by atoms with van der Waals surface area (Å²) in [5, 5.41) is 7.03. The van der Waals surface area contributed by atoms with Crippen molar-refractivity contribution >= 4 is 5.91 Å². The van der Waals surface area contributed by atoms with Gasteiger partial charge in [-0.1, -0.05) is 48.3 Å². The van der Waals surface area contributed by atoms with Crippen LogP contribution in [-0.2, 0) is 17.6 Å². The van der Waals surface area contributed by atoms with Crippen molar-refractivity contribution in [2.24, 2.45) is 0 Å². The van der Waals surface area contributed by atoms with E-state index in [-0.39, 0.29) is 11.9 Å². The molecular weight excluding hydrogens is 316 g/mol. The first-order chi connectivity index (χ1) is 12.2. The van der Waals surface area contributed by atoms with Gasteiger partial charge in [-0.05, 0) is 32.0 Å². The highest BCUT2D eigenvalue weighted by molar-refractivity contribution is 5.81. The number of hydrogen-bond donors (Lipinski definition) is 1. The van der Waals surface area contributed by atoms with Crippen LogP contribution in [0.3, 0.4) is 0 Å². The van der Waals surface area contributed by atoms with E-state index < -0.39 is 0 Å². The summed E-state index contributed by atoms with van der Waals surface area (Å²) >= 11 is 0. The van der Waals surface area contributed by atoms with E-state index in [1.165, 1.54) is 12.8 Å². The van der Waals surface area contributed by atoms with Crippen LogP contribution in [-0.4, -0.2) is 47.1 Å². The maximum atomic E-state index is 12.4. The summed E-state index contributed by atoms with van der Waals surface area (Å²) in [4.78, 5) is 18.9. The Balaban J connectivity index is 1.45. The molecule has 1 aliphatic rings. The topological polar surface area (TPSA) is 71.3 Å². The lowest BCUT2D eigenvalue weighted by molar-refractivity contribution is -0.126. The van der Waals surface area contributed by atoms with Crippen molar-refractivity contribution in [3.8, 4) is 0 Å². The molecule has 0 aliphatic carbocycles. The van der Waals surface area contributed by atoms with Crippen molar-refractivity contribution < 1.29 is 9.32 Å². The number of nitrogens with one attached hydrogen (secondary N) is 1. The predicted molar refractivity (Wildman–Crippen MR) is 95.1 cm³/mol. The average molecular weight is 342 g/mol. The Morgan fingerprint density at radius 1 is 1.28 bits per heavy atom. The highest BCUT2D eigenvalue weighted by Crippen LogP contribution is 2.15. The fraction of sp³-hybridized carbons (Fsp3) is 0.526. The number of likely N-dealkylation sites (N-methyl/N-ethyl adjacent to an activating group) is 1. The van der Waals surface area contributed by atoms with Gasteiger partial charge in [-0.15, -0.1) is 0 Å². The zero-order valence-electron chi connectivity index (χ0n) is 14.8. The molecule has 134 valence electrons. The minimum atomic E-state index is -0.0150. The number of amides is 1. The first-order valence-corrected chi connectivity index (χ1v) is 9.06. The molecule has 0 unspecified atom stereocenters. The fourth-order valence-corrected chi connectivity index (χ4v) is 3.24. The standard InChI is InChI=1S/C19H26N4O2/c1-23-13-7-3-6-10-16(23)19(24)20-12-11-18-21-17(22-25-18)14-15-8-4-2-5-9-15/h2,4-5,8-9,16H,3,6-7,10-14H2,1H3,(H,20,24)/t16-/m0/s1. The van der Waals surface area contributed by atoms with Crippen LogP contribution in [0.25, 0.3) is 0 Å². The monoisotopic (exact) mass is 342 g/mol. The highest BCUT2D eigenvalue weighted by atomic mass is 16.5. The number of likely N-dealkylation sites (tertiary alicyclic amines) is 1. The molecule has 1 saturated heterocycles. The summed E-state index contributed by atoms with van der Waals surface area (Å²) in [7, 11) is 2.03. The lowest BCUT2D eigenvalue weighted by Crippen LogP contribution is -2.45. The Labute approximate surface area is 148 Å². The van der Waals surface area contributed by atoms with Gasteiger partial charge in [-0.3, -0.25) is 9.69 Å². The summed E-state index contributed by atoms with van der Waals surface area (Å²) in [6.07, 6.45) is 5.65. The molecule has 1 aromatic heterocycles. The van der Waals surface area contributed by atoms with Gasteiger partial charge in [0.2, 0.25) is 11.8 Å². The van der Waals surface area contributed by atoms with Crippen molar-refractivity contribution in [3.63, 3.8) is 0 Å². The number of nitrogens with zero attached hydrogens (tertiary/aromatic N) is 3. The Bertz CT molecular complexity index is 671. The molecule has 1 atom stereocenters. The van der Waals surface area contributed by atoms with E-state index in [1.807, 2.05) is 37.4 Å². The smallest absolute Gasteiger partial charge is 0.237 e. The van der Waals surface area contributed by atoms with Crippen LogP contribution in [0, 0.1) is 0 Å². The van der Waals surface area contributed by atoms with Crippen LogP contribution < -0.4 is 5.32 Å². The van der Waals surface area contributed by atoms with Gasteiger partial charge in [-0.25, -0.2) is 0 Å². The van der Waals surface area contributed by atoms with Crippen molar-refractivity contribution in [1.29, 1.82) is 0 Å². The molecule has 0 radical (unpaired) electrons. The van der Waals surface area contributed by atoms with E-state index in [1.54, 1.807) is 0 Å². The molecule has 6 nitrogen and oxygen atoms in total. The van der Waals surface area contributed by atoms with Gasteiger partial charge < -0.3 is 9.84 Å². The third-order valence-corrected chi connectivity index (χ3v) is 4.68. The van der Waals surface area contributed by atoms with Crippen LogP contribution in [0.2, 0.25) is 0 Å². The minimum Gasteiger partial charge on any atom is -0.354 e. The number of aromatic nitrogens is 2. The Hall–Kier alpha value is -2.21. The number of carbonyl (C=O) groups excluding carboxylic acids is 1. The molecule has 3 rings (SSSR count). The van der Waals surface area contributed by atoms with E-state index in [9.17, 15) is 4.79 Å². The van der Waals surface area contributed by atoms with Crippen LogP contribution in [0.1, 0.15) is 43.0 Å². The molecule has 1 fully saturated rings. The summed E-state index contributed by atoms with van der Waals surface area (Å²) in [6, 6.07) is 10.0. The molecule has 2 heterocycles. The Morgan fingerprint density at radius 3 is 2.96 bits per heavy atom. The summed E-state index contributed by atoms with van der Waals surface area (Å²) in [5.41, 5.74) is 1.15. The van der Waals surface area contributed by atoms with Crippen molar-refractivity contribution in [2.45, 2.75) is 44.6 Å². The molecule has 0 spiro atoms. The molecule has 1 aromatic carbocycles. The zero-order valence-corrected chi connectivity index (χ0v) is 14.8. The summed E-state index contributed by atoms with van der Waals surface area (Å²) < 4.78 is 5.28. The molecule has 1 aliphatic heterocycles. The van der Waals surface area contributed by atoms with E-state index in [0.29, 0.717) is 31.1 Å². The number of benzene rings is 1. The van der Waals surface area contributed by atoms with Gasteiger partial charge in [0, 0.05) is 19.4 Å². The molecule has 0 bridgehead atoms. The number of hydrogen-bond acceptors (Lipinski definition) is 5. The van der Waals surface area contributed by atoms with Crippen LogP contribution in [0.4, 0.5) is 0 Å². The van der Waals surface area contributed by atoms with Crippen LogP contribution >= 0.6 is 0 Å². The van der Waals surface area contributed by atoms with E-state index in [0.717, 1.165) is 24.9 Å². The van der Waals surface area contributed by atoms with E-state index in [2.05, 4.69) is 20.4 Å². The number of rotatable bonds is 6. The highest BCUT2D eigenvalue weighted by Gasteiger charge is 2.24. The molecule has 6 heteroatoms. The fourth-order valence-electron chi connectivity index (χ4n) is 3.24. The van der Waals surface area contributed by atoms with E-state index >= 15 is 0 Å².